The van der Waals surface area contributed by atoms with Gasteiger partial charge in [-0.3, -0.25) is 0 Å². The Morgan fingerprint density at radius 3 is 2.81 bits per heavy atom. The maximum Gasteiger partial charge on any atom is 0.404 e. The van der Waals surface area contributed by atoms with E-state index in [2.05, 4.69) is 31.5 Å². The van der Waals surface area contributed by atoms with Crippen LogP contribution in [0, 0.1) is 12.3 Å². The molecule has 0 atom stereocenters. The molecule has 31 heavy (non-hydrogen) atoms. The summed E-state index contributed by atoms with van der Waals surface area (Å²) in [5.41, 5.74) is 2.55. The Balaban J connectivity index is 1.53. The molecular weight excluding hydrogens is 418 g/mol. The van der Waals surface area contributed by atoms with Crippen LogP contribution in [0.25, 0.3) is 22.2 Å². The number of aromatic amines is 1. The van der Waals surface area contributed by atoms with Crippen LogP contribution in [0.3, 0.4) is 0 Å². The van der Waals surface area contributed by atoms with Crippen molar-refractivity contribution >= 4 is 34.5 Å². The summed E-state index contributed by atoms with van der Waals surface area (Å²) in [7, 11) is 0. The second-order valence-electron chi connectivity index (χ2n) is 7.47. The molecule has 8 nitrogen and oxygen atoms in total. The quantitative estimate of drug-likeness (QED) is 0.337. The lowest BCUT2D eigenvalue weighted by Gasteiger charge is -2.29. The van der Waals surface area contributed by atoms with Crippen LogP contribution in [-0.2, 0) is 0 Å². The zero-order valence-corrected chi connectivity index (χ0v) is 17.4. The number of fused-ring (bicyclic) bond motifs is 1. The lowest BCUT2D eigenvalue weighted by Crippen LogP contribution is -2.39. The monoisotopic (exact) mass is 439 g/mol. The van der Waals surface area contributed by atoms with E-state index in [1.165, 1.54) is 0 Å². The van der Waals surface area contributed by atoms with Crippen molar-refractivity contribution in [1.82, 2.24) is 20.3 Å². The van der Waals surface area contributed by atoms with Gasteiger partial charge in [0.05, 0.1) is 6.20 Å². The van der Waals surface area contributed by atoms with Crippen molar-refractivity contribution < 1.29 is 14.6 Å². The van der Waals surface area contributed by atoms with E-state index in [9.17, 15) is 4.79 Å². The molecule has 9 heteroatoms. The Morgan fingerprint density at radius 1 is 1.29 bits per heavy atom. The lowest BCUT2D eigenvalue weighted by molar-refractivity contribution is 0.185. The van der Waals surface area contributed by atoms with E-state index in [1.807, 2.05) is 18.3 Å². The zero-order chi connectivity index (χ0) is 21.8. The number of nitrogens with zero attached hydrogens (tertiary/aromatic N) is 2. The van der Waals surface area contributed by atoms with E-state index in [0.717, 1.165) is 47.8 Å². The number of halogens is 1. The number of nitrogens with one attached hydrogen (secondary N) is 3. The molecule has 0 unspecified atom stereocenters. The number of H-pyrrole nitrogens is 1. The number of anilines is 1. The Labute approximate surface area is 184 Å². The minimum absolute atomic E-state index is 0.00281. The van der Waals surface area contributed by atoms with Gasteiger partial charge < -0.3 is 25.5 Å². The first-order chi connectivity index (χ1) is 15.0. The topological polar surface area (TPSA) is 112 Å². The molecule has 4 rings (SSSR count). The van der Waals surface area contributed by atoms with Crippen LogP contribution in [0.1, 0.15) is 25.7 Å². The highest BCUT2D eigenvalue weighted by Crippen LogP contribution is 2.33. The molecule has 0 aromatic carbocycles. The highest BCUT2D eigenvalue weighted by atomic mass is 35.5. The second kappa shape index (κ2) is 9.14. The Hall–Kier alpha value is -3.44. The van der Waals surface area contributed by atoms with Gasteiger partial charge in [-0.15, -0.1) is 6.42 Å². The van der Waals surface area contributed by atoms with E-state index in [1.54, 1.807) is 12.3 Å². The molecule has 3 aromatic rings. The Morgan fingerprint density at radius 2 is 2.06 bits per heavy atom. The van der Waals surface area contributed by atoms with E-state index in [4.69, 9.17) is 27.9 Å². The number of rotatable bonds is 6. The van der Waals surface area contributed by atoms with E-state index in [-0.39, 0.29) is 18.7 Å². The smallest absolute Gasteiger partial charge is 0.404 e. The number of aromatic nitrogens is 3. The highest BCUT2D eigenvalue weighted by Gasteiger charge is 2.22. The third-order valence-corrected chi connectivity index (χ3v) is 5.53. The van der Waals surface area contributed by atoms with Crippen molar-refractivity contribution in [1.29, 1.82) is 0 Å². The first-order valence-electron chi connectivity index (χ1n) is 9.99. The van der Waals surface area contributed by atoms with Gasteiger partial charge in [-0.05, 0) is 49.4 Å². The molecule has 0 saturated heterocycles. The first kappa shape index (κ1) is 20.8. The van der Waals surface area contributed by atoms with Gasteiger partial charge in [0.2, 0.25) is 0 Å². The van der Waals surface area contributed by atoms with Gasteiger partial charge in [0.25, 0.3) is 0 Å². The lowest BCUT2D eigenvalue weighted by atomic mass is 9.91. The molecule has 4 N–H and O–H groups in total. The van der Waals surface area contributed by atoms with Gasteiger partial charge in [-0.25, -0.2) is 14.8 Å². The molecule has 0 spiro atoms. The van der Waals surface area contributed by atoms with Gasteiger partial charge in [0, 0.05) is 29.2 Å². The average Bonchev–Trinajstić information content (AvgIpc) is 3.16. The maximum atomic E-state index is 10.8. The van der Waals surface area contributed by atoms with Crippen LogP contribution in [0.4, 0.5) is 10.6 Å². The van der Waals surface area contributed by atoms with Crippen LogP contribution in [0.5, 0.6) is 5.75 Å². The number of amides is 1. The second-order valence-corrected chi connectivity index (χ2v) is 7.86. The fourth-order valence-corrected chi connectivity index (χ4v) is 4.13. The Kier molecular flexibility index (Phi) is 6.14. The molecule has 160 valence electrons. The molecule has 1 amide bonds. The van der Waals surface area contributed by atoms with Crippen molar-refractivity contribution in [2.24, 2.45) is 0 Å². The summed E-state index contributed by atoms with van der Waals surface area (Å²) in [4.78, 5) is 22.8. The van der Waals surface area contributed by atoms with Crippen LogP contribution < -0.4 is 15.4 Å². The maximum absolute atomic E-state index is 10.8. The molecule has 3 aromatic heterocycles. The molecule has 1 saturated carbocycles. The van der Waals surface area contributed by atoms with Crippen LogP contribution in [0.15, 0.2) is 30.6 Å². The van der Waals surface area contributed by atoms with Gasteiger partial charge >= 0.3 is 6.09 Å². The molecule has 1 aliphatic rings. The van der Waals surface area contributed by atoms with Gasteiger partial charge in [-0.1, -0.05) is 17.5 Å². The van der Waals surface area contributed by atoms with Crippen molar-refractivity contribution in [3.63, 3.8) is 0 Å². The molecule has 0 aliphatic heterocycles. The van der Waals surface area contributed by atoms with Gasteiger partial charge in [-0.2, -0.15) is 0 Å². The summed E-state index contributed by atoms with van der Waals surface area (Å²) in [6.45, 7) is 0.173. The molecule has 1 fully saturated rings. The summed E-state index contributed by atoms with van der Waals surface area (Å²) in [5, 5.41) is 16.1. The first-order valence-corrected chi connectivity index (χ1v) is 10.4. The normalized spacial score (nSPS) is 18.3. The number of ether oxygens (including phenoxy) is 1. The van der Waals surface area contributed by atoms with Crippen LogP contribution >= 0.6 is 11.6 Å². The minimum Gasteiger partial charge on any atom is -0.479 e. The number of terminal acetylenes is 1. The SMILES string of the molecule is C#CCOc1cnc2[nH]cc(-c3cc(Cl)nc(N[C@H]4CC[C@H](NC(=O)O)CC4)c3)c2c1. The summed E-state index contributed by atoms with van der Waals surface area (Å²) < 4.78 is 5.50. The summed E-state index contributed by atoms with van der Waals surface area (Å²) in [6, 6.07) is 5.86. The Bertz CT molecular complexity index is 1130. The number of hydrogen-bond acceptors (Lipinski definition) is 5. The van der Waals surface area contributed by atoms with Gasteiger partial charge in [0.1, 0.15) is 29.0 Å². The average molecular weight is 440 g/mol. The van der Waals surface area contributed by atoms with Crippen molar-refractivity contribution in [3.8, 4) is 29.2 Å². The molecule has 3 heterocycles. The predicted molar refractivity (Wildman–Crippen MR) is 119 cm³/mol. The van der Waals surface area contributed by atoms with Crippen molar-refractivity contribution in [2.75, 3.05) is 11.9 Å². The van der Waals surface area contributed by atoms with E-state index < -0.39 is 6.09 Å². The number of carbonyl (C=O) groups is 1. The third-order valence-electron chi connectivity index (χ3n) is 5.34. The van der Waals surface area contributed by atoms with Crippen molar-refractivity contribution in [3.05, 3.63) is 35.7 Å². The van der Waals surface area contributed by atoms with Gasteiger partial charge in [0.15, 0.2) is 0 Å². The van der Waals surface area contributed by atoms with Crippen molar-refractivity contribution in [2.45, 2.75) is 37.8 Å². The molecule has 0 radical (unpaired) electrons. The largest absolute Gasteiger partial charge is 0.479 e. The fraction of sp³-hybridized carbons (Fsp3) is 0.318. The highest BCUT2D eigenvalue weighted by molar-refractivity contribution is 6.29. The zero-order valence-electron chi connectivity index (χ0n) is 16.7. The van der Waals surface area contributed by atoms with E-state index in [0.29, 0.717) is 16.7 Å². The summed E-state index contributed by atoms with van der Waals surface area (Å²) >= 11 is 6.32. The molecule has 0 bridgehead atoms. The minimum atomic E-state index is -0.973. The number of carboxylic acid groups (broad SMARTS) is 1. The van der Waals surface area contributed by atoms with Crippen LogP contribution in [-0.4, -0.2) is 44.8 Å². The third kappa shape index (κ3) is 5.01. The number of hydrogen-bond donors (Lipinski definition) is 4. The van der Waals surface area contributed by atoms with E-state index >= 15 is 0 Å². The summed E-state index contributed by atoms with van der Waals surface area (Å²) in [6.07, 6.45) is 11.1. The molecule has 1 aliphatic carbocycles. The predicted octanol–water partition coefficient (Wildman–Crippen LogP) is 4.28. The standard InChI is InChI=1S/C22H22ClN5O3/c1-2-7-31-16-10-17-18(12-25-21(17)24-11-16)13-8-19(23)28-20(9-13)26-14-3-5-15(6-4-14)27-22(29)30/h1,8-12,14-15,27H,3-7H2,(H,24,25)(H,26,28)(H,29,30)/t14-,15-. The number of pyridine rings is 2. The molecular formula is C22H22ClN5O3. The fourth-order valence-electron chi connectivity index (χ4n) is 3.92. The van der Waals surface area contributed by atoms with Crippen LogP contribution in [0.2, 0.25) is 5.15 Å². The summed E-state index contributed by atoms with van der Waals surface area (Å²) in [5.74, 6) is 3.72.